The molecule has 2 aromatic heterocycles. The Morgan fingerprint density at radius 3 is 2.71 bits per heavy atom. The van der Waals surface area contributed by atoms with Gasteiger partial charge in [0.05, 0.1) is 33.7 Å². The van der Waals surface area contributed by atoms with E-state index in [0.717, 1.165) is 15.1 Å². The number of benzene rings is 2. The first-order valence-electron chi connectivity index (χ1n) is 9.53. The maximum atomic E-state index is 13.5. The highest BCUT2D eigenvalue weighted by atomic mass is 32.2. The van der Waals surface area contributed by atoms with Crippen molar-refractivity contribution in [2.75, 3.05) is 16.9 Å². The lowest BCUT2D eigenvalue weighted by Crippen LogP contribution is -2.30. The van der Waals surface area contributed by atoms with Crippen molar-refractivity contribution in [1.82, 2.24) is 4.98 Å². The van der Waals surface area contributed by atoms with Gasteiger partial charge in [-0.05, 0) is 54.8 Å². The SMILES string of the molecule is CCS(=O)(=O)c1cccc(C(=O)N(Cc2ccco2)c2nc3ccc(SC)cc3s2)c1. The van der Waals surface area contributed by atoms with Gasteiger partial charge in [0.25, 0.3) is 5.91 Å². The predicted molar refractivity (Wildman–Crippen MR) is 125 cm³/mol. The number of sulfone groups is 1. The number of fused-ring (bicyclic) bond motifs is 1. The van der Waals surface area contributed by atoms with E-state index in [4.69, 9.17) is 4.42 Å². The van der Waals surface area contributed by atoms with Gasteiger partial charge >= 0.3 is 0 Å². The Morgan fingerprint density at radius 2 is 2.00 bits per heavy atom. The molecule has 0 saturated heterocycles. The van der Waals surface area contributed by atoms with Crippen LogP contribution in [0.15, 0.2) is 75.1 Å². The maximum Gasteiger partial charge on any atom is 0.260 e. The van der Waals surface area contributed by atoms with Gasteiger partial charge in [-0.3, -0.25) is 9.69 Å². The van der Waals surface area contributed by atoms with Crippen molar-refractivity contribution in [3.8, 4) is 0 Å². The number of thiazole rings is 1. The molecule has 160 valence electrons. The zero-order chi connectivity index (χ0) is 22.0. The quantitative estimate of drug-likeness (QED) is 0.342. The molecule has 0 aliphatic heterocycles. The van der Waals surface area contributed by atoms with Crippen LogP contribution >= 0.6 is 23.1 Å². The van der Waals surface area contributed by atoms with Crippen molar-refractivity contribution in [3.63, 3.8) is 0 Å². The zero-order valence-electron chi connectivity index (χ0n) is 16.9. The molecule has 4 aromatic rings. The van der Waals surface area contributed by atoms with Gasteiger partial charge in [-0.25, -0.2) is 13.4 Å². The van der Waals surface area contributed by atoms with Crippen LogP contribution in [0.3, 0.4) is 0 Å². The van der Waals surface area contributed by atoms with Crippen molar-refractivity contribution in [1.29, 1.82) is 0 Å². The van der Waals surface area contributed by atoms with Gasteiger partial charge in [-0.1, -0.05) is 24.3 Å². The van der Waals surface area contributed by atoms with Crippen molar-refractivity contribution >= 4 is 54.2 Å². The van der Waals surface area contributed by atoms with E-state index >= 15 is 0 Å². The van der Waals surface area contributed by atoms with Crippen molar-refractivity contribution in [2.45, 2.75) is 23.3 Å². The first-order chi connectivity index (χ1) is 14.9. The fourth-order valence-corrected chi connectivity index (χ4v) is 5.51. The van der Waals surface area contributed by atoms with E-state index in [2.05, 4.69) is 4.98 Å². The number of thioether (sulfide) groups is 1. The van der Waals surface area contributed by atoms with Crippen LogP contribution in [-0.4, -0.2) is 31.3 Å². The van der Waals surface area contributed by atoms with E-state index in [9.17, 15) is 13.2 Å². The first kappa shape index (κ1) is 21.6. The van der Waals surface area contributed by atoms with Gasteiger partial charge in [0.15, 0.2) is 15.0 Å². The van der Waals surface area contributed by atoms with Gasteiger partial charge in [-0.2, -0.15) is 0 Å². The fourth-order valence-electron chi connectivity index (χ4n) is 3.06. The van der Waals surface area contributed by atoms with Crippen LogP contribution in [0.25, 0.3) is 10.2 Å². The molecule has 4 rings (SSSR count). The van der Waals surface area contributed by atoms with E-state index in [1.54, 1.807) is 49.2 Å². The molecule has 9 heteroatoms. The van der Waals surface area contributed by atoms with E-state index in [0.29, 0.717) is 10.9 Å². The van der Waals surface area contributed by atoms with E-state index in [1.807, 2.05) is 24.5 Å². The van der Waals surface area contributed by atoms with Gasteiger partial charge in [0.1, 0.15) is 5.76 Å². The lowest BCUT2D eigenvalue weighted by Gasteiger charge is -2.19. The average Bonchev–Trinajstić information content (AvgIpc) is 3.46. The summed E-state index contributed by atoms with van der Waals surface area (Å²) in [5.41, 5.74) is 1.09. The highest BCUT2D eigenvalue weighted by Crippen LogP contribution is 2.33. The summed E-state index contributed by atoms with van der Waals surface area (Å²) in [6.07, 6.45) is 3.56. The minimum atomic E-state index is -3.43. The van der Waals surface area contributed by atoms with E-state index < -0.39 is 9.84 Å². The number of rotatable bonds is 7. The smallest absolute Gasteiger partial charge is 0.260 e. The number of furan rings is 1. The molecule has 0 unspecified atom stereocenters. The highest BCUT2D eigenvalue weighted by Gasteiger charge is 2.24. The fraction of sp³-hybridized carbons (Fsp3) is 0.182. The average molecular weight is 473 g/mol. The molecule has 0 bridgehead atoms. The third-order valence-corrected chi connectivity index (χ3v) is 8.27. The van der Waals surface area contributed by atoms with Gasteiger partial charge in [-0.15, -0.1) is 11.8 Å². The second-order valence-corrected chi connectivity index (χ2v) is 10.9. The monoisotopic (exact) mass is 472 g/mol. The normalized spacial score (nSPS) is 11.7. The zero-order valence-corrected chi connectivity index (χ0v) is 19.4. The summed E-state index contributed by atoms with van der Waals surface area (Å²) in [7, 11) is -3.43. The summed E-state index contributed by atoms with van der Waals surface area (Å²) in [6, 6.07) is 15.7. The molecule has 6 nitrogen and oxygen atoms in total. The molecule has 1 amide bonds. The number of aromatic nitrogens is 1. The molecule has 31 heavy (non-hydrogen) atoms. The topological polar surface area (TPSA) is 80.5 Å². The number of hydrogen-bond donors (Lipinski definition) is 0. The van der Waals surface area contributed by atoms with Crippen LogP contribution < -0.4 is 4.90 Å². The first-order valence-corrected chi connectivity index (χ1v) is 13.2. The Kier molecular flexibility index (Phi) is 6.17. The largest absolute Gasteiger partial charge is 0.467 e. The highest BCUT2D eigenvalue weighted by molar-refractivity contribution is 7.98. The lowest BCUT2D eigenvalue weighted by molar-refractivity contribution is 0.0983. The molecule has 0 aliphatic carbocycles. The summed E-state index contributed by atoms with van der Waals surface area (Å²) in [5, 5.41) is 0.526. The number of anilines is 1. The van der Waals surface area contributed by atoms with Crippen molar-refractivity contribution in [3.05, 3.63) is 72.2 Å². The summed E-state index contributed by atoms with van der Waals surface area (Å²) in [6.45, 7) is 1.77. The summed E-state index contributed by atoms with van der Waals surface area (Å²) in [5.74, 6) is 0.236. The summed E-state index contributed by atoms with van der Waals surface area (Å²) in [4.78, 5) is 20.9. The van der Waals surface area contributed by atoms with E-state index in [-0.39, 0.29) is 28.7 Å². The summed E-state index contributed by atoms with van der Waals surface area (Å²) >= 11 is 3.06. The van der Waals surface area contributed by atoms with Crippen LogP contribution in [0.5, 0.6) is 0 Å². The molecule has 0 atom stereocenters. The molecule has 0 N–H and O–H groups in total. The Morgan fingerprint density at radius 1 is 1.16 bits per heavy atom. The minimum Gasteiger partial charge on any atom is -0.467 e. The van der Waals surface area contributed by atoms with Crippen molar-refractivity contribution < 1.29 is 17.6 Å². The van der Waals surface area contributed by atoms with Crippen molar-refractivity contribution in [2.24, 2.45) is 0 Å². The molecule has 0 spiro atoms. The predicted octanol–water partition coefficient (Wildman–Crippen LogP) is 5.25. The maximum absolute atomic E-state index is 13.5. The number of nitrogens with zero attached hydrogens (tertiary/aromatic N) is 2. The van der Waals surface area contributed by atoms with E-state index in [1.165, 1.54) is 28.4 Å². The third-order valence-electron chi connectivity index (χ3n) is 4.77. The van der Waals surface area contributed by atoms with Crippen LogP contribution in [0.1, 0.15) is 23.0 Å². The molecule has 2 heterocycles. The number of hydrogen-bond acceptors (Lipinski definition) is 7. The molecule has 0 aliphatic rings. The number of carbonyl (C=O) groups is 1. The van der Waals surface area contributed by atoms with Crippen LogP contribution in [0, 0.1) is 0 Å². The molecular formula is C22H20N2O4S3. The minimum absolute atomic E-state index is 0.0314. The second-order valence-electron chi connectivity index (χ2n) is 6.73. The van der Waals surface area contributed by atoms with Gasteiger partial charge < -0.3 is 4.42 Å². The Bertz CT molecular complexity index is 1330. The standard InChI is InChI=1S/C22H20N2O4S3/c1-3-31(26,27)18-8-4-6-15(12-18)21(25)24(14-16-7-5-11-28-16)22-23-19-10-9-17(29-2)13-20(19)30-22/h4-13H,3,14H2,1-2H3. The Balaban J connectivity index is 1.77. The molecule has 0 radical (unpaired) electrons. The van der Waals surface area contributed by atoms with Crippen LogP contribution in [-0.2, 0) is 16.4 Å². The summed E-state index contributed by atoms with van der Waals surface area (Å²) < 4.78 is 31.0. The molecule has 2 aromatic carbocycles. The molecule has 0 saturated carbocycles. The van der Waals surface area contributed by atoms with Gasteiger partial charge in [0.2, 0.25) is 0 Å². The van der Waals surface area contributed by atoms with Crippen LogP contribution in [0.4, 0.5) is 5.13 Å². The van der Waals surface area contributed by atoms with Crippen LogP contribution in [0.2, 0.25) is 0 Å². The third kappa shape index (κ3) is 4.53. The lowest BCUT2D eigenvalue weighted by atomic mass is 10.2. The van der Waals surface area contributed by atoms with Gasteiger partial charge in [0, 0.05) is 10.5 Å². The Labute approximate surface area is 188 Å². The Hall–Kier alpha value is -2.62. The number of carbonyl (C=O) groups excluding carboxylic acids is 1. The second kappa shape index (κ2) is 8.86. The molecular weight excluding hydrogens is 452 g/mol. The molecule has 0 fully saturated rings. The number of amides is 1.